The molecular formula is C19H19N5. The Hall–Kier alpha value is -3.21. The topological polar surface area (TPSA) is 78.9 Å². The predicted octanol–water partition coefficient (Wildman–Crippen LogP) is 2.97. The summed E-state index contributed by atoms with van der Waals surface area (Å²) in [7, 11) is 0. The molecule has 5 heteroatoms. The van der Waals surface area contributed by atoms with Crippen LogP contribution in [-0.2, 0) is 13.1 Å². The largest absolute Gasteiger partial charge is 0.382 e. The van der Waals surface area contributed by atoms with Crippen molar-refractivity contribution in [1.82, 2.24) is 9.97 Å². The Balaban J connectivity index is 1.87. The summed E-state index contributed by atoms with van der Waals surface area (Å²) in [5.41, 5.74) is 8.24. The molecule has 0 fully saturated rings. The third-order valence-corrected chi connectivity index (χ3v) is 3.67. The Labute approximate surface area is 141 Å². The van der Waals surface area contributed by atoms with Gasteiger partial charge in [-0.15, -0.1) is 0 Å². The summed E-state index contributed by atoms with van der Waals surface area (Å²) in [6, 6.07) is 20.5. The van der Waals surface area contributed by atoms with E-state index in [2.05, 4.69) is 39.1 Å². The first-order chi connectivity index (χ1) is 11.7. The van der Waals surface area contributed by atoms with E-state index in [0.29, 0.717) is 5.69 Å². The van der Waals surface area contributed by atoms with Crippen LogP contribution in [0.15, 0.2) is 73.1 Å². The summed E-state index contributed by atoms with van der Waals surface area (Å²) < 4.78 is 0. The van der Waals surface area contributed by atoms with E-state index in [9.17, 15) is 0 Å². The normalized spacial score (nSPS) is 10.3. The van der Waals surface area contributed by atoms with Crippen molar-refractivity contribution in [3.05, 3.63) is 89.9 Å². The SMILES string of the molecule is N=C(N)c1cnc(N(Cc2ccccc2)Cc2ccccc2)cn1. The molecule has 0 saturated heterocycles. The van der Waals surface area contributed by atoms with E-state index < -0.39 is 0 Å². The first-order valence-corrected chi connectivity index (χ1v) is 7.71. The molecule has 5 nitrogen and oxygen atoms in total. The molecule has 0 bridgehead atoms. The van der Waals surface area contributed by atoms with Crippen LogP contribution in [0.3, 0.4) is 0 Å². The highest BCUT2D eigenvalue weighted by Gasteiger charge is 2.11. The molecule has 0 atom stereocenters. The Kier molecular flexibility index (Phi) is 4.81. The fraction of sp³-hybridized carbons (Fsp3) is 0.105. The smallest absolute Gasteiger partial charge is 0.147 e. The standard InChI is InChI=1S/C19H19N5/c20-19(21)17-11-23-18(12-22-17)24(13-15-7-3-1-4-8-15)14-16-9-5-2-6-10-16/h1-12H,13-14H2,(H3,20,21). The zero-order chi connectivity index (χ0) is 16.8. The fourth-order valence-electron chi connectivity index (χ4n) is 2.45. The minimum absolute atomic E-state index is 0.0771. The maximum absolute atomic E-state index is 7.43. The number of benzene rings is 2. The minimum Gasteiger partial charge on any atom is -0.382 e. The second kappa shape index (κ2) is 7.37. The number of nitrogen functional groups attached to an aromatic ring is 1. The van der Waals surface area contributed by atoms with Gasteiger partial charge in [0.2, 0.25) is 0 Å². The average Bonchev–Trinajstić information content (AvgIpc) is 2.63. The Bertz CT molecular complexity index is 744. The maximum atomic E-state index is 7.43. The summed E-state index contributed by atoms with van der Waals surface area (Å²) >= 11 is 0. The molecule has 0 amide bonds. The summed E-state index contributed by atoms with van der Waals surface area (Å²) in [6.07, 6.45) is 3.21. The number of nitrogens with two attached hydrogens (primary N) is 1. The van der Waals surface area contributed by atoms with E-state index in [1.54, 1.807) is 12.4 Å². The molecule has 120 valence electrons. The second-order valence-corrected chi connectivity index (χ2v) is 5.50. The number of nitrogens with one attached hydrogen (secondary N) is 1. The van der Waals surface area contributed by atoms with Crippen LogP contribution in [0.25, 0.3) is 0 Å². The van der Waals surface area contributed by atoms with Crippen molar-refractivity contribution >= 4 is 11.7 Å². The number of anilines is 1. The zero-order valence-corrected chi connectivity index (χ0v) is 13.3. The van der Waals surface area contributed by atoms with E-state index in [1.165, 1.54) is 11.1 Å². The van der Waals surface area contributed by atoms with Gasteiger partial charge in [0.1, 0.15) is 17.3 Å². The highest BCUT2D eigenvalue weighted by Crippen LogP contribution is 2.17. The third-order valence-electron chi connectivity index (χ3n) is 3.67. The maximum Gasteiger partial charge on any atom is 0.147 e. The van der Waals surface area contributed by atoms with Crippen LogP contribution < -0.4 is 10.6 Å². The molecule has 0 aliphatic heterocycles. The van der Waals surface area contributed by atoms with Gasteiger partial charge < -0.3 is 10.6 Å². The molecule has 3 N–H and O–H groups in total. The molecule has 1 heterocycles. The average molecular weight is 317 g/mol. The van der Waals surface area contributed by atoms with Gasteiger partial charge in [0.15, 0.2) is 0 Å². The van der Waals surface area contributed by atoms with E-state index in [1.807, 2.05) is 36.4 Å². The summed E-state index contributed by atoms with van der Waals surface area (Å²) in [6.45, 7) is 1.45. The molecule has 0 aliphatic rings. The second-order valence-electron chi connectivity index (χ2n) is 5.50. The molecule has 24 heavy (non-hydrogen) atoms. The highest BCUT2D eigenvalue weighted by atomic mass is 15.2. The van der Waals surface area contributed by atoms with Crippen LogP contribution in [0.5, 0.6) is 0 Å². The number of rotatable bonds is 6. The van der Waals surface area contributed by atoms with Gasteiger partial charge in [-0.05, 0) is 11.1 Å². The molecule has 0 unspecified atom stereocenters. The Morgan fingerprint density at radius 2 is 1.38 bits per heavy atom. The van der Waals surface area contributed by atoms with Crippen molar-refractivity contribution in [3.8, 4) is 0 Å². The highest BCUT2D eigenvalue weighted by molar-refractivity contribution is 5.92. The predicted molar refractivity (Wildman–Crippen MR) is 95.8 cm³/mol. The number of hydrogen-bond donors (Lipinski definition) is 2. The van der Waals surface area contributed by atoms with Crippen molar-refractivity contribution in [2.24, 2.45) is 5.73 Å². The molecule has 0 aliphatic carbocycles. The van der Waals surface area contributed by atoms with Crippen molar-refractivity contribution < 1.29 is 0 Å². The van der Waals surface area contributed by atoms with Crippen molar-refractivity contribution in [2.45, 2.75) is 13.1 Å². The lowest BCUT2D eigenvalue weighted by atomic mass is 10.1. The van der Waals surface area contributed by atoms with E-state index in [4.69, 9.17) is 11.1 Å². The quantitative estimate of drug-likeness (QED) is 0.541. The van der Waals surface area contributed by atoms with Gasteiger partial charge in [-0.25, -0.2) is 9.97 Å². The van der Waals surface area contributed by atoms with Crippen LogP contribution in [-0.4, -0.2) is 15.8 Å². The number of nitrogens with zero attached hydrogens (tertiary/aromatic N) is 3. The molecule has 0 spiro atoms. The van der Waals surface area contributed by atoms with Crippen molar-refractivity contribution in [3.63, 3.8) is 0 Å². The lowest BCUT2D eigenvalue weighted by Gasteiger charge is -2.24. The summed E-state index contributed by atoms with van der Waals surface area (Å²) in [4.78, 5) is 10.8. The minimum atomic E-state index is -0.0771. The fourth-order valence-corrected chi connectivity index (χ4v) is 2.45. The molecule has 3 aromatic rings. The molecule has 1 aromatic heterocycles. The van der Waals surface area contributed by atoms with Gasteiger partial charge in [-0.3, -0.25) is 5.41 Å². The zero-order valence-electron chi connectivity index (χ0n) is 13.3. The van der Waals surface area contributed by atoms with Crippen LogP contribution in [0.4, 0.5) is 5.82 Å². The van der Waals surface area contributed by atoms with Crippen LogP contribution in [0, 0.1) is 5.41 Å². The van der Waals surface area contributed by atoms with E-state index >= 15 is 0 Å². The first kappa shape index (κ1) is 15.7. The molecular weight excluding hydrogens is 298 g/mol. The molecule has 0 radical (unpaired) electrons. The van der Waals surface area contributed by atoms with Crippen molar-refractivity contribution in [1.29, 1.82) is 5.41 Å². The third kappa shape index (κ3) is 3.95. The molecule has 3 rings (SSSR count). The summed E-state index contributed by atoms with van der Waals surface area (Å²) in [5.74, 6) is 0.680. The van der Waals surface area contributed by atoms with Gasteiger partial charge in [0.25, 0.3) is 0 Å². The van der Waals surface area contributed by atoms with Gasteiger partial charge in [0, 0.05) is 13.1 Å². The number of aromatic nitrogens is 2. The Morgan fingerprint density at radius 1 is 0.833 bits per heavy atom. The van der Waals surface area contributed by atoms with Crippen LogP contribution in [0.2, 0.25) is 0 Å². The van der Waals surface area contributed by atoms with E-state index in [-0.39, 0.29) is 5.84 Å². The van der Waals surface area contributed by atoms with Gasteiger partial charge in [0.05, 0.1) is 12.4 Å². The molecule has 2 aromatic carbocycles. The van der Waals surface area contributed by atoms with Gasteiger partial charge >= 0.3 is 0 Å². The lowest BCUT2D eigenvalue weighted by Crippen LogP contribution is -2.24. The molecule has 0 saturated carbocycles. The summed E-state index contributed by atoms with van der Waals surface area (Å²) in [5, 5.41) is 7.43. The van der Waals surface area contributed by atoms with Gasteiger partial charge in [-0.2, -0.15) is 0 Å². The van der Waals surface area contributed by atoms with Crippen molar-refractivity contribution in [2.75, 3.05) is 4.90 Å². The van der Waals surface area contributed by atoms with Gasteiger partial charge in [-0.1, -0.05) is 60.7 Å². The number of amidine groups is 1. The Morgan fingerprint density at radius 3 is 1.79 bits per heavy atom. The first-order valence-electron chi connectivity index (χ1n) is 7.71. The van der Waals surface area contributed by atoms with Crippen LogP contribution >= 0.6 is 0 Å². The number of hydrogen-bond acceptors (Lipinski definition) is 4. The monoisotopic (exact) mass is 317 g/mol. The van der Waals surface area contributed by atoms with Crippen LogP contribution in [0.1, 0.15) is 16.8 Å². The lowest BCUT2D eigenvalue weighted by molar-refractivity contribution is 0.779. The van der Waals surface area contributed by atoms with E-state index in [0.717, 1.165) is 18.9 Å².